The molecule has 1 nitrogen and oxygen atoms in total. The summed E-state index contributed by atoms with van der Waals surface area (Å²) in [5, 5.41) is 0. The molecule has 3 aromatic carbocycles. The SMILES string of the molecule is FC(F)(F)c1cccc([S+]2c3ccccc3Oc3ccccc32)c1. The zero-order valence-electron chi connectivity index (χ0n) is 12.4. The van der Waals surface area contributed by atoms with Gasteiger partial charge in [-0.2, -0.15) is 13.2 Å². The highest BCUT2D eigenvalue weighted by Crippen LogP contribution is 2.47. The van der Waals surface area contributed by atoms with E-state index in [4.69, 9.17) is 4.74 Å². The van der Waals surface area contributed by atoms with Gasteiger partial charge < -0.3 is 4.74 Å². The molecule has 0 radical (unpaired) electrons. The summed E-state index contributed by atoms with van der Waals surface area (Å²) in [6.45, 7) is 0. The summed E-state index contributed by atoms with van der Waals surface area (Å²) in [5.41, 5.74) is -0.631. The molecule has 1 aliphatic rings. The van der Waals surface area contributed by atoms with Crippen LogP contribution in [0.25, 0.3) is 0 Å². The van der Waals surface area contributed by atoms with Gasteiger partial charge in [0.1, 0.15) is 10.9 Å². The van der Waals surface area contributed by atoms with E-state index >= 15 is 0 Å². The van der Waals surface area contributed by atoms with Gasteiger partial charge in [0, 0.05) is 6.07 Å². The van der Waals surface area contributed by atoms with Crippen LogP contribution in [0, 0.1) is 0 Å². The Labute approximate surface area is 140 Å². The number of alkyl halides is 3. The molecule has 1 heterocycles. The first-order valence-electron chi connectivity index (χ1n) is 7.31. The third-order valence-corrected chi connectivity index (χ3v) is 6.03. The first-order chi connectivity index (χ1) is 11.5. The van der Waals surface area contributed by atoms with Crippen molar-refractivity contribution in [1.29, 1.82) is 0 Å². The van der Waals surface area contributed by atoms with Crippen molar-refractivity contribution in [2.45, 2.75) is 20.9 Å². The fraction of sp³-hybridized carbons (Fsp3) is 0.0526. The minimum absolute atomic E-state index is 0.628. The highest BCUT2D eigenvalue weighted by atomic mass is 32.2. The molecule has 0 saturated carbocycles. The van der Waals surface area contributed by atoms with Gasteiger partial charge in [0.25, 0.3) is 0 Å². The molecule has 0 bridgehead atoms. The van der Waals surface area contributed by atoms with Gasteiger partial charge in [0.15, 0.2) is 16.4 Å². The van der Waals surface area contributed by atoms with Crippen molar-refractivity contribution in [3.05, 3.63) is 78.4 Å². The molecule has 0 N–H and O–H groups in total. The second-order valence-electron chi connectivity index (χ2n) is 5.33. The maximum absolute atomic E-state index is 13.1. The number of benzene rings is 3. The number of fused-ring (bicyclic) bond motifs is 2. The van der Waals surface area contributed by atoms with Crippen LogP contribution >= 0.6 is 0 Å². The Hall–Kier alpha value is -2.40. The molecule has 1 aliphatic heterocycles. The first-order valence-corrected chi connectivity index (χ1v) is 8.54. The van der Waals surface area contributed by atoms with Gasteiger partial charge in [-0.25, -0.2) is 0 Å². The number of hydrogen-bond acceptors (Lipinski definition) is 1. The van der Waals surface area contributed by atoms with Crippen LogP contribution in [-0.2, 0) is 17.1 Å². The zero-order valence-corrected chi connectivity index (χ0v) is 13.2. The Kier molecular flexibility index (Phi) is 3.53. The summed E-state index contributed by atoms with van der Waals surface area (Å²) in [5.74, 6) is 1.38. The number of halogens is 3. The lowest BCUT2D eigenvalue weighted by Gasteiger charge is -2.20. The van der Waals surface area contributed by atoms with Crippen molar-refractivity contribution in [3.8, 4) is 11.5 Å². The van der Waals surface area contributed by atoms with Crippen LogP contribution in [0.3, 0.4) is 0 Å². The molecule has 0 spiro atoms. The molecule has 120 valence electrons. The number of hydrogen-bond donors (Lipinski definition) is 0. The van der Waals surface area contributed by atoms with Crippen molar-refractivity contribution >= 4 is 10.9 Å². The second kappa shape index (κ2) is 5.60. The lowest BCUT2D eigenvalue weighted by molar-refractivity contribution is -0.137. The average molecular weight is 345 g/mol. The monoisotopic (exact) mass is 345 g/mol. The van der Waals surface area contributed by atoms with Crippen LogP contribution in [0.2, 0.25) is 0 Å². The van der Waals surface area contributed by atoms with Crippen molar-refractivity contribution in [1.82, 2.24) is 0 Å². The van der Waals surface area contributed by atoms with Crippen molar-refractivity contribution < 1.29 is 17.9 Å². The van der Waals surface area contributed by atoms with Gasteiger partial charge in [0.2, 0.25) is 9.79 Å². The molecule has 0 atom stereocenters. The molecule has 3 aromatic rings. The Bertz CT molecular complexity index is 859. The highest BCUT2D eigenvalue weighted by molar-refractivity contribution is 7.97. The van der Waals surface area contributed by atoms with E-state index in [1.54, 1.807) is 6.07 Å². The maximum Gasteiger partial charge on any atom is 0.416 e. The molecule has 24 heavy (non-hydrogen) atoms. The molecule has 0 saturated heterocycles. The fourth-order valence-corrected chi connectivity index (χ4v) is 4.95. The molecule has 4 rings (SSSR count). The molecular weight excluding hydrogens is 333 g/mol. The Morgan fingerprint density at radius 1 is 0.708 bits per heavy atom. The summed E-state index contributed by atoms with van der Waals surface area (Å²) in [6, 6.07) is 20.5. The van der Waals surface area contributed by atoms with Gasteiger partial charge in [-0.1, -0.05) is 30.3 Å². The van der Waals surface area contributed by atoms with E-state index < -0.39 is 22.6 Å². The molecule has 0 amide bonds. The summed E-state index contributed by atoms with van der Waals surface area (Å²) in [6.07, 6.45) is -4.36. The van der Waals surface area contributed by atoms with E-state index in [1.807, 2.05) is 48.5 Å². The summed E-state index contributed by atoms with van der Waals surface area (Å²) in [4.78, 5) is 2.43. The van der Waals surface area contributed by atoms with E-state index in [0.717, 1.165) is 15.9 Å². The van der Waals surface area contributed by atoms with E-state index in [2.05, 4.69) is 0 Å². The van der Waals surface area contributed by atoms with Crippen LogP contribution in [0.1, 0.15) is 5.56 Å². The van der Waals surface area contributed by atoms with Gasteiger partial charge in [-0.15, -0.1) is 0 Å². The maximum atomic E-state index is 13.1. The number of para-hydroxylation sites is 2. The molecule has 0 aromatic heterocycles. The zero-order chi connectivity index (χ0) is 16.7. The molecule has 0 fully saturated rings. The Morgan fingerprint density at radius 2 is 1.29 bits per heavy atom. The minimum atomic E-state index is -4.36. The summed E-state index contributed by atoms with van der Waals surface area (Å²) in [7, 11) is -0.628. The van der Waals surface area contributed by atoms with Crippen molar-refractivity contribution in [2.24, 2.45) is 0 Å². The molecule has 0 unspecified atom stereocenters. The standard InChI is InChI=1S/C19H12F3OS/c20-19(21,22)13-6-5-7-14(12-13)24-17-10-3-1-8-15(17)23-16-9-2-4-11-18(16)24/h1-12H/q+1. The van der Waals surface area contributed by atoms with E-state index in [-0.39, 0.29) is 0 Å². The Balaban J connectivity index is 1.92. The van der Waals surface area contributed by atoms with Crippen LogP contribution in [-0.4, -0.2) is 0 Å². The normalized spacial score (nSPS) is 13.8. The van der Waals surface area contributed by atoms with E-state index in [9.17, 15) is 13.2 Å². The van der Waals surface area contributed by atoms with Gasteiger partial charge in [-0.3, -0.25) is 0 Å². The van der Waals surface area contributed by atoms with Crippen LogP contribution in [0.15, 0.2) is 87.5 Å². The fourth-order valence-electron chi connectivity index (χ4n) is 2.70. The van der Waals surface area contributed by atoms with E-state index in [1.165, 1.54) is 12.1 Å². The number of rotatable bonds is 1. The molecule has 5 heteroatoms. The third kappa shape index (κ3) is 2.55. The second-order valence-corrected chi connectivity index (χ2v) is 7.29. The minimum Gasteiger partial charge on any atom is -0.447 e. The van der Waals surface area contributed by atoms with Crippen LogP contribution < -0.4 is 4.74 Å². The summed E-state index contributed by atoms with van der Waals surface area (Å²) >= 11 is 0. The smallest absolute Gasteiger partial charge is 0.416 e. The van der Waals surface area contributed by atoms with Gasteiger partial charge >= 0.3 is 6.18 Å². The van der Waals surface area contributed by atoms with Gasteiger partial charge in [-0.05, 0) is 36.4 Å². The molecular formula is C19H12F3OS+. The molecule has 0 aliphatic carbocycles. The van der Waals surface area contributed by atoms with Crippen LogP contribution in [0.4, 0.5) is 13.2 Å². The quantitative estimate of drug-likeness (QED) is 0.390. The van der Waals surface area contributed by atoms with Crippen molar-refractivity contribution in [3.63, 3.8) is 0 Å². The Morgan fingerprint density at radius 3 is 1.88 bits per heavy atom. The average Bonchev–Trinajstić information content (AvgIpc) is 2.59. The summed E-state index contributed by atoms with van der Waals surface area (Å²) < 4.78 is 45.2. The number of ether oxygens (including phenoxy) is 1. The van der Waals surface area contributed by atoms with Crippen LogP contribution in [0.5, 0.6) is 11.5 Å². The van der Waals surface area contributed by atoms with Crippen molar-refractivity contribution in [2.75, 3.05) is 0 Å². The lowest BCUT2D eigenvalue weighted by Crippen LogP contribution is -2.13. The topological polar surface area (TPSA) is 9.23 Å². The van der Waals surface area contributed by atoms with Gasteiger partial charge in [0.05, 0.1) is 5.56 Å². The predicted molar refractivity (Wildman–Crippen MR) is 86.6 cm³/mol. The first kappa shape index (κ1) is 15.1. The van der Waals surface area contributed by atoms with E-state index in [0.29, 0.717) is 16.4 Å². The highest BCUT2D eigenvalue weighted by Gasteiger charge is 2.40. The predicted octanol–water partition coefficient (Wildman–Crippen LogP) is 5.91. The lowest BCUT2D eigenvalue weighted by atomic mass is 10.2. The third-order valence-electron chi connectivity index (χ3n) is 3.76. The largest absolute Gasteiger partial charge is 0.447 e.